The third-order valence-corrected chi connectivity index (χ3v) is 4.30. The van der Waals surface area contributed by atoms with Gasteiger partial charge in [0.05, 0.1) is 25.9 Å². The van der Waals surface area contributed by atoms with Crippen molar-refractivity contribution in [3.63, 3.8) is 0 Å². The van der Waals surface area contributed by atoms with E-state index in [0.717, 1.165) is 42.1 Å². The lowest BCUT2D eigenvalue weighted by Crippen LogP contribution is -2.40. The van der Waals surface area contributed by atoms with E-state index in [0.29, 0.717) is 26.3 Å². The van der Waals surface area contributed by atoms with E-state index in [1.807, 2.05) is 30.1 Å². The summed E-state index contributed by atoms with van der Waals surface area (Å²) in [5.74, 6) is 1.74. The van der Waals surface area contributed by atoms with E-state index >= 15 is 0 Å². The third-order valence-electron chi connectivity index (χ3n) is 4.30. The zero-order valence-electron chi connectivity index (χ0n) is 15.4. The predicted octanol–water partition coefficient (Wildman–Crippen LogP) is 3.25. The van der Waals surface area contributed by atoms with E-state index in [-0.39, 0.29) is 30.1 Å². The Morgan fingerprint density at radius 1 is 1.38 bits per heavy atom. The van der Waals surface area contributed by atoms with Gasteiger partial charge in [-0.1, -0.05) is 18.2 Å². The van der Waals surface area contributed by atoms with Gasteiger partial charge in [-0.15, -0.1) is 24.0 Å². The minimum Gasteiger partial charge on any atom is -0.459 e. The van der Waals surface area contributed by atoms with Gasteiger partial charge >= 0.3 is 0 Å². The Labute approximate surface area is 171 Å². The van der Waals surface area contributed by atoms with Gasteiger partial charge in [-0.2, -0.15) is 0 Å². The fourth-order valence-corrected chi connectivity index (χ4v) is 3.03. The molecule has 1 aliphatic heterocycles. The van der Waals surface area contributed by atoms with Gasteiger partial charge in [0, 0.05) is 32.6 Å². The highest BCUT2D eigenvalue weighted by molar-refractivity contribution is 14.0. The van der Waals surface area contributed by atoms with E-state index in [2.05, 4.69) is 22.4 Å². The van der Waals surface area contributed by atoms with E-state index in [1.165, 1.54) is 0 Å². The summed E-state index contributed by atoms with van der Waals surface area (Å²) in [5, 5.41) is 4.44. The highest BCUT2D eigenvalue weighted by Gasteiger charge is 2.15. The molecule has 1 saturated heterocycles. The highest BCUT2D eigenvalue weighted by atomic mass is 127. The number of fused-ring (bicyclic) bond motifs is 1. The van der Waals surface area contributed by atoms with Gasteiger partial charge in [-0.05, 0) is 25.0 Å². The van der Waals surface area contributed by atoms with Crippen LogP contribution in [-0.4, -0.2) is 57.4 Å². The molecule has 26 heavy (non-hydrogen) atoms. The molecular weight excluding hydrogens is 445 g/mol. The average Bonchev–Trinajstić information content (AvgIpc) is 3.26. The Bertz CT molecular complexity index is 665. The Hall–Kier alpha value is -1.32. The number of hydrogen-bond acceptors (Lipinski definition) is 4. The molecule has 1 fully saturated rings. The second kappa shape index (κ2) is 10.7. The van der Waals surface area contributed by atoms with Crippen LogP contribution in [0, 0.1) is 0 Å². The van der Waals surface area contributed by atoms with Crippen LogP contribution in [0.25, 0.3) is 11.0 Å². The summed E-state index contributed by atoms with van der Waals surface area (Å²) in [5.41, 5.74) is 0.913. The first-order valence-electron chi connectivity index (χ1n) is 8.85. The first-order chi connectivity index (χ1) is 12.3. The molecule has 2 aromatic rings. The number of rotatable bonds is 7. The number of benzene rings is 1. The van der Waals surface area contributed by atoms with Crippen LogP contribution in [0.3, 0.4) is 0 Å². The molecule has 0 aliphatic carbocycles. The molecule has 0 amide bonds. The first kappa shape index (κ1) is 21.0. The number of hydrogen-bond donors (Lipinski definition) is 1. The molecule has 0 saturated carbocycles. The molecule has 0 spiro atoms. The molecule has 144 valence electrons. The highest BCUT2D eigenvalue weighted by Crippen LogP contribution is 2.19. The zero-order chi connectivity index (χ0) is 17.5. The van der Waals surface area contributed by atoms with Gasteiger partial charge in [-0.25, -0.2) is 0 Å². The number of halogens is 1. The summed E-state index contributed by atoms with van der Waals surface area (Å²) < 4.78 is 17.1. The van der Waals surface area contributed by atoms with Crippen molar-refractivity contribution in [2.45, 2.75) is 25.5 Å². The van der Waals surface area contributed by atoms with Crippen LogP contribution in [0.15, 0.2) is 39.7 Å². The second-order valence-electron chi connectivity index (χ2n) is 6.29. The van der Waals surface area contributed by atoms with E-state index < -0.39 is 0 Å². The number of nitrogens with zero attached hydrogens (tertiary/aromatic N) is 2. The number of furan rings is 1. The maximum absolute atomic E-state index is 5.87. The van der Waals surface area contributed by atoms with Crippen LogP contribution >= 0.6 is 24.0 Å². The number of ether oxygens (including phenoxy) is 2. The molecule has 3 rings (SSSR count). The normalized spacial score (nSPS) is 17.3. The van der Waals surface area contributed by atoms with Crippen LogP contribution in [0.5, 0.6) is 0 Å². The van der Waals surface area contributed by atoms with Gasteiger partial charge in [0.2, 0.25) is 0 Å². The molecular formula is C19H28IN3O3. The second-order valence-corrected chi connectivity index (χ2v) is 6.29. The average molecular weight is 473 g/mol. The molecule has 7 heteroatoms. The molecule has 1 atom stereocenters. The lowest BCUT2D eigenvalue weighted by Gasteiger charge is -2.21. The minimum absolute atomic E-state index is 0. The molecule has 1 aromatic heterocycles. The molecule has 2 heterocycles. The van der Waals surface area contributed by atoms with Crippen molar-refractivity contribution >= 4 is 40.9 Å². The predicted molar refractivity (Wildman–Crippen MR) is 114 cm³/mol. The van der Waals surface area contributed by atoms with Crippen LogP contribution in [0.1, 0.15) is 18.6 Å². The van der Waals surface area contributed by atoms with E-state index in [4.69, 9.17) is 13.9 Å². The van der Waals surface area contributed by atoms with Crippen molar-refractivity contribution in [3.05, 3.63) is 36.1 Å². The molecule has 6 nitrogen and oxygen atoms in total. The number of nitrogens with one attached hydrogen (secondary N) is 1. The first-order valence-corrected chi connectivity index (χ1v) is 8.85. The topological polar surface area (TPSA) is 59.2 Å². The van der Waals surface area contributed by atoms with Gasteiger partial charge in [0.25, 0.3) is 0 Å². The summed E-state index contributed by atoms with van der Waals surface area (Å²) in [7, 11) is 3.78. The minimum atomic E-state index is 0. The molecule has 1 N–H and O–H groups in total. The number of guanidine groups is 1. The third kappa shape index (κ3) is 5.85. The van der Waals surface area contributed by atoms with Crippen molar-refractivity contribution in [1.29, 1.82) is 0 Å². The monoisotopic (exact) mass is 473 g/mol. The summed E-state index contributed by atoms with van der Waals surface area (Å²) >= 11 is 0. The summed E-state index contributed by atoms with van der Waals surface area (Å²) in [4.78, 5) is 6.36. The molecule has 1 aliphatic rings. The van der Waals surface area contributed by atoms with E-state index in [1.54, 1.807) is 7.05 Å². The Morgan fingerprint density at radius 3 is 2.96 bits per heavy atom. The van der Waals surface area contributed by atoms with Crippen LogP contribution in [0.2, 0.25) is 0 Å². The number of para-hydroxylation sites is 1. The molecule has 1 unspecified atom stereocenters. The van der Waals surface area contributed by atoms with Crippen LogP contribution in [-0.2, 0) is 16.0 Å². The maximum Gasteiger partial charge on any atom is 0.193 e. The van der Waals surface area contributed by atoms with Crippen LogP contribution in [0.4, 0.5) is 0 Å². The van der Waals surface area contributed by atoms with Gasteiger partial charge in [0.15, 0.2) is 5.96 Å². The molecule has 1 aromatic carbocycles. The van der Waals surface area contributed by atoms with Gasteiger partial charge < -0.3 is 24.1 Å². The van der Waals surface area contributed by atoms with Crippen LogP contribution < -0.4 is 5.32 Å². The Balaban J connectivity index is 0.00000243. The van der Waals surface area contributed by atoms with E-state index in [9.17, 15) is 0 Å². The lowest BCUT2D eigenvalue weighted by atomic mass is 10.2. The lowest BCUT2D eigenvalue weighted by molar-refractivity contribution is 0.0190. The quantitative estimate of drug-likeness (QED) is 0.290. The molecule has 0 bridgehead atoms. The maximum atomic E-state index is 5.87. The van der Waals surface area contributed by atoms with Gasteiger partial charge in [-0.3, -0.25) is 4.99 Å². The molecule has 0 radical (unpaired) electrons. The zero-order valence-corrected chi connectivity index (χ0v) is 17.8. The fraction of sp³-hybridized carbons (Fsp3) is 0.526. The van der Waals surface area contributed by atoms with Crippen molar-refractivity contribution in [3.8, 4) is 0 Å². The summed E-state index contributed by atoms with van der Waals surface area (Å²) in [6.07, 6.45) is 2.52. The largest absolute Gasteiger partial charge is 0.459 e. The summed E-state index contributed by atoms with van der Waals surface area (Å²) in [6, 6.07) is 10.1. The number of aliphatic imine (C=N–C) groups is 1. The standard InChI is InChI=1S/C19H27N3O3.HI/c1-20-19(21-9-11-23-14-16-7-5-10-24-16)22(2)13-17-12-15-6-3-4-8-18(15)25-17;/h3-4,6,8,12,16H,5,7,9-11,13-14H2,1-2H3,(H,20,21);1H. The van der Waals surface area contributed by atoms with Crippen molar-refractivity contribution in [2.75, 3.05) is 40.5 Å². The van der Waals surface area contributed by atoms with Crippen molar-refractivity contribution < 1.29 is 13.9 Å². The van der Waals surface area contributed by atoms with Crippen molar-refractivity contribution in [1.82, 2.24) is 10.2 Å². The SMILES string of the molecule is CN=C(NCCOCC1CCCO1)N(C)Cc1cc2ccccc2o1.I. The smallest absolute Gasteiger partial charge is 0.193 e. The Kier molecular flexibility index (Phi) is 8.67. The Morgan fingerprint density at radius 2 is 2.23 bits per heavy atom. The van der Waals surface area contributed by atoms with Gasteiger partial charge in [0.1, 0.15) is 11.3 Å². The fourth-order valence-electron chi connectivity index (χ4n) is 3.03. The summed E-state index contributed by atoms with van der Waals surface area (Å²) in [6.45, 7) is 3.55. The van der Waals surface area contributed by atoms with Crippen molar-refractivity contribution in [2.24, 2.45) is 4.99 Å².